The highest BCUT2D eigenvalue weighted by Gasteiger charge is 2.33. The zero-order valence-corrected chi connectivity index (χ0v) is 19.5. The summed E-state index contributed by atoms with van der Waals surface area (Å²) in [4.78, 5) is 22.2. The number of para-hydroxylation sites is 1. The van der Waals surface area contributed by atoms with E-state index in [1.807, 2.05) is 31.2 Å². The van der Waals surface area contributed by atoms with E-state index in [-0.39, 0.29) is 36.4 Å². The van der Waals surface area contributed by atoms with Crippen molar-refractivity contribution in [2.75, 3.05) is 31.1 Å². The molecule has 0 unspecified atom stereocenters. The Kier molecular flexibility index (Phi) is 8.89. The standard InChI is InChI=1S/C19H22F3N5OS.HI/c1-2-23-18(24-9-7-16-26-15(12-29-16)19(20,21)22)25-11-17(28)27-10-8-13-5-3-4-6-14(13)27;/h3-6,12H,2,7-11H2,1H3,(H2,23,24,25);1H. The van der Waals surface area contributed by atoms with Crippen molar-refractivity contribution >= 4 is 52.9 Å². The van der Waals surface area contributed by atoms with Gasteiger partial charge in [-0.3, -0.25) is 4.79 Å². The molecule has 164 valence electrons. The maximum absolute atomic E-state index is 12.6. The number of carbonyl (C=O) groups excluding carboxylic acids is 1. The molecule has 0 bridgehead atoms. The third kappa shape index (κ3) is 6.30. The number of thiazole rings is 1. The fraction of sp³-hybridized carbons (Fsp3) is 0.421. The maximum Gasteiger partial charge on any atom is 0.434 e. The highest BCUT2D eigenvalue weighted by atomic mass is 127. The van der Waals surface area contributed by atoms with E-state index in [0.29, 0.717) is 37.0 Å². The van der Waals surface area contributed by atoms with Crippen LogP contribution in [-0.4, -0.2) is 43.0 Å². The van der Waals surface area contributed by atoms with Gasteiger partial charge >= 0.3 is 6.18 Å². The normalized spacial score (nSPS) is 13.6. The molecule has 11 heteroatoms. The predicted octanol–water partition coefficient (Wildman–Crippen LogP) is 3.47. The fourth-order valence-electron chi connectivity index (χ4n) is 3.01. The molecule has 0 fully saturated rings. The zero-order valence-electron chi connectivity index (χ0n) is 16.3. The van der Waals surface area contributed by atoms with Crippen LogP contribution in [0.15, 0.2) is 34.6 Å². The summed E-state index contributed by atoms with van der Waals surface area (Å²) in [6.45, 7) is 3.48. The van der Waals surface area contributed by atoms with Gasteiger partial charge in [-0.25, -0.2) is 9.98 Å². The number of aliphatic imine (C=N–C) groups is 1. The van der Waals surface area contributed by atoms with E-state index in [2.05, 4.69) is 20.6 Å². The Labute approximate surface area is 194 Å². The summed E-state index contributed by atoms with van der Waals surface area (Å²) in [5.74, 6) is 0.350. The third-order valence-electron chi connectivity index (χ3n) is 4.38. The van der Waals surface area contributed by atoms with Gasteiger partial charge in [0.2, 0.25) is 5.91 Å². The van der Waals surface area contributed by atoms with Gasteiger partial charge in [0.1, 0.15) is 6.54 Å². The Morgan fingerprint density at radius 3 is 2.77 bits per heavy atom. The lowest BCUT2D eigenvalue weighted by Gasteiger charge is -2.17. The van der Waals surface area contributed by atoms with E-state index in [4.69, 9.17) is 0 Å². The number of anilines is 1. The molecule has 3 rings (SSSR count). The summed E-state index contributed by atoms with van der Waals surface area (Å²) in [6.07, 6.45) is -3.26. The van der Waals surface area contributed by atoms with Gasteiger partial charge in [-0.15, -0.1) is 35.3 Å². The summed E-state index contributed by atoms with van der Waals surface area (Å²) < 4.78 is 37.8. The molecule has 0 saturated heterocycles. The minimum Gasteiger partial charge on any atom is -0.357 e. The molecular formula is C19H23F3IN5OS. The highest BCUT2D eigenvalue weighted by Crippen LogP contribution is 2.30. The molecule has 2 aromatic rings. The number of fused-ring (bicyclic) bond motifs is 1. The van der Waals surface area contributed by atoms with Crippen LogP contribution in [0.25, 0.3) is 0 Å². The number of alkyl halides is 3. The third-order valence-corrected chi connectivity index (χ3v) is 5.29. The number of hydrogen-bond acceptors (Lipinski definition) is 4. The van der Waals surface area contributed by atoms with Crippen molar-refractivity contribution in [3.63, 3.8) is 0 Å². The zero-order chi connectivity index (χ0) is 20.9. The Bertz CT molecular complexity index is 887. The number of benzene rings is 1. The second kappa shape index (κ2) is 10.9. The van der Waals surface area contributed by atoms with Gasteiger partial charge in [0.05, 0.1) is 5.01 Å². The topological polar surface area (TPSA) is 69.6 Å². The summed E-state index contributed by atoms with van der Waals surface area (Å²) in [6, 6.07) is 7.80. The number of halogens is 4. The molecule has 2 N–H and O–H groups in total. The molecule has 0 spiro atoms. The van der Waals surface area contributed by atoms with Crippen molar-refractivity contribution in [3.8, 4) is 0 Å². The van der Waals surface area contributed by atoms with E-state index in [1.54, 1.807) is 4.90 Å². The molecule has 0 saturated carbocycles. The Balaban J connectivity index is 0.00000320. The van der Waals surface area contributed by atoms with E-state index >= 15 is 0 Å². The van der Waals surface area contributed by atoms with Gasteiger partial charge < -0.3 is 15.5 Å². The quantitative estimate of drug-likeness (QED) is 0.327. The van der Waals surface area contributed by atoms with Crippen LogP contribution in [0, 0.1) is 0 Å². The van der Waals surface area contributed by atoms with Crippen LogP contribution >= 0.6 is 35.3 Å². The SMILES string of the molecule is CCNC(=NCC(=O)N1CCc2ccccc21)NCCc1nc(C(F)(F)F)cs1.I. The molecule has 0 aliphatic carbocycles. The van der Waals surface area contributed by atoms with E-state index in [0.717, 1.165) is 34.4 Å². The summed E-state index contributed by atoms with van der Waals surface area (Å²) in [5.41, 5.74) is 1.21. The van der Waals surface area contributed by atoms with Crippen LogP contribution in [0.3, 0.4) is 0 Å². The predicted molar refractivity (Wildman–Crippen MR) is 123 cm³/mol. The van der Waals surface area contributed by atoms with Crippen LogP contribution in [0.5, 0.6) is 0 Å². The number of amides is 1. The fourth-order valence-corrected chi connectivity index (χ4v) is 3.82. The molecule has 1 aromatic carbocycles. The first kappa shape index (κ1) is 24.4. The van der Waals surface area contributed by atoms with Crippen molar-refractivity contribution in [1.29, 1.82) is 0 Å². The van der Waals surface area contributed by atoms with E-state index in [9.17, 15) is 18.0 Å². The number of carbonyl (C=O) groups is 1. The average molecular weight is 553 g/mol. The van der Waals surface area contributed by atoms with Gasteiger partial charge in [-0.2, -0.15) is 13.2 Å². The summed E-state index contributed by atoms with van der Waals surface area (Å²) >= 11 is 0.978. The van der Waals surface area contributed by atoms with Crippen LogP contribution in [-0.2, 0) is 23.8 Å². The number of nitrogens with zero attached hydrogens (tertiary/aromatic N) is 3. The average Bonchev–Trinajstić information content (AvgIpc) is 3.33. The number of hydrogen-bond donors (Lipinski definition) is 2. The molecular weight excluding hydrogens is 530 g/mol. The van der Waals surface area contributed by atoms with E-state index in [1.165, 1.54) is 0 Å². The largest absolute Gasteiger partial charge is 0.434 e. The first-order valence-electron chi connectivity index (χ1n) is 9.30. The van der Waals surface area contributed by atoms with E-state index < -0.39 is 11.9 Å². The molecule has 0 radical (unpaired) electrons. The van der Waals surface area contributed by atoms with Crippen molar-refractivity contribution in [1.82, 2.24) is 15.6 Å². The monoisotopic (exact) mass is 553 g/mol. The first-order chi connectivity index (χ1) is 13.9. The second-order valence-electron chi connectivity index (χ2n) is 6.42. The molecule has 1 aromatic heterocycles. The molecule has 1 amide bonds. The number of rotatable bonds is 6. The van der Waals surface area contributed by atoms with Crippen molar-refractivity contribution in [2.45, 2.75) is 25.9 Å². The Morgan fingerprint density at radius 1 is 1.30 bits per heavy atom. The highest BCUT2D eigenvalue weighted by molar-refractivity contribution is 14.0. The van der Waals surface area contributed by atoms with Gasteiger partial charge in [0.15, 0.2) is 11.7 Å². The lowest BCUT2D eigenvalue weighted by molar-refractivity contribution is -0.140. The lowest BCUT2D eigenvalue weighted by atomic mass is 10.2. The number of nitrogens with one attached hydrogen (secondary N) is 2. The molecule has 6 nitrogen and oxygen atoms in total. The van der Waals surface area contributed by atoms with Crippen molar-refractivity contribution in [2.24, 2.45) is 4.99 Å². The summed E-state index contributed by atoms with van der Waals surface area (Å²) in [7, 11) is 0. The number of guanidine groups is 1. The lowest BCUT2D eigenvalue weighted by Crippen LogP contribution is -2.39. The van der Waals surface area contributed by atoms with Crippen LogP contribution in [0.1, 0.15) is 23.2 Å². The molecule has 2 heterocycles. The van der Waals surface area contributed by atoms with Crippen LogP contribution in [0.4, 0.5) is 18.9 Å². The smallest absolute Gasteiger partial charge is 0.357 e. The second-order valence-corrected chi connectivity index (χ2v) is 7.36. The van der Waals surface area contributed by atoms with Gasteiger partial charge in [-0.1, -0.05) is 18.2 Å². The summed E-state index contributed by atoms with van der Waals surface area (Å²) in [5, 5.41) is 7.48. The molecule has 30 heavy (non-hydrogen) atoms. The molecule has 1 aliphatic heterocycles. The van der Waals surface area contributed by atoms with Crippen molar-refractivity contribution in [3.05, 3.63) is 45.9 Å². The Morgan fingerprint density at radius 2 is 2.07 bits per heavy atom. The van der Waals surface area contributed by atoms with Crippen LogP contribution in [0.2, 0.25) is 0 Å². The minimum atomic E-state index is -4.42. The number of aromatic nitrogens is 1. The Hall–Kier alpha value is -1.89. The van der Waals surface area contributed by atoms with Crippen molar-refractivity contribution < 1.29 is 18.0 Å². The molecule has 0 atom stereocenters. The maximum atomic E-state index is 12.6. The van der Waals surface area contributed by atoms with Gasteiger partial charge in [-0.05, 0) is 25.0 Å². The minimum absolute atomic E-state index is 0. The molecule has 1 aliphatic rings. The first-order valence-corrected chi connectivity index (χ1v) is 10.2. The van der Waals surface area contributed by atoms with Crippen LogP contribution < -0.4 is 15.5 Å². The van der Waals surface area contributed by atoms with Gasteiger partial charge in [0, 0.05) is 37.1 Å². The van der Waals surface area contributed by atoms with Gasteiger partial charge in [0.25, 0.3) is 0 Å².